The normalized spacial score (nSPS) is 15.7. The van der Waals surface area contributed by atoms with Gasteiger partial charge < -0.3 is 19.3 Å². The number of nitrogens with zero attached hydrogens (tertiary/aromatic N) is 5. The number of aromatic nitrogens is 2. The molecule has 2 aliphatic heterocycles. The standard InChI is InChI=1S/C31H28F3N5O5/c1-30(2)24-18-35-38(22-10-8-21(9-11-22)31(32,33)34)28(24)23-16-26(39(41)42)25(17-27(23)44-30)36-12-14-37(15-13-36)29(40)43-19-20-6-4-3-5-7-20/h3-11,16-18H,12-15,19H2,1-2H3. The molecule has 0 bridgehead atoms. The maximum Gasteiger partial charge on any atom is 0.416 e. The fraction of sp³-hybridized carbons (Fsp3) is 0.290. The largest absolute Gasteiger partial charge is 0.482 e. The summed E-state index contributed by atoms with van der Waals surface area (Å²) in [5, 5.41) is 16.8. The van der Waals surface area contributed by atoms with Gasteiger partial charge in [0.25, 0.3) is 5.69 Å². The van der Waals surface area contributed by atoms with E-state index in [1.54, 1.807) is 17.2 Å². The minimum Gasteiger partial charge on any atom is -0.482 e. The quantitative estimate of drug-likeness (QED) is 0.187. The molecule has 3 aromatic carbocycles. The number of nitro groups is 1. The molecule has 3 heterocycles. The van der Waals surface area contributed by atoms with E-state index in [1.165, 1.54) is 22.9 Å². The average Bonchev–Trinajstić information content (AvgIpc) is 3.46. The summed E-state index contributed by atoms with van der Waals surface area (Å²) in [5.41, 5.74) is 1.25. The molecule has 6 rings (SSSR count). The lowest BCUT2D eigenvalue weighted by atomic mass is 9.90. The van der Waals surface area contributed by atoms with Gasteiger partial charge in [0.2, 0.25) is 0 Å². The first-order chi connectivity index (χ1) is 20.9. The number of alkyl halides is 3. The first-order valence-corrected chi connectivity index (χ1v) is 13.9. The molecule has 13 heteroatoms. The third kappa shape index (κ3) is 5.40. The topological polar surface area (TPSA) is 103 Å². The molecular weight excluding hydrogens is 579 g/mol. The second-order valence-electron chi connectivity index (χ2n) is 11.1. The van der Waals surface area contributed by atoms with Crippen molar-refractivity contribution in [2.45, 2.75) is 32.2 Å². The fourth-order valence-corrected chi connectivity index (χ4v) is 5.53. The molecular formula is C31H28F3N5O5. The number of rotatable bonds is 5. The zero-order chi connectivity index (χ0) is 31.2. The van der Waals surface area contributed by atoms with Crippen LogP contribution in [-0.2, 0) is 23.1 Å². The summed E-state index contributed by atoms with van der Waals surface area (Å²) in [5.74, 6) is 0.376. The predicted octanol–water partition coefficient (Wildman–Crippen LogP) is 6.55. The minimum atomic E-state index is -4.49. The number of carbonyl (C=O) groups is 1. The van der Waals surface area contributed by atoms with Crippen molar-refractivity contribution in [1.82, 2.24) is 14.7 Å². The number of halogens is 3. The van der Waals surface area contributed by atoms with Crippen molar-refractivity contribution in [3.05, 3.63) is 99.7 Å². The summed E-state index contributed by atoms with van der Waals surface area (Å²) >= 11 is 0. The molecule has 0 saturated carbocycles. The Morgan fingerprint density at radius 2 is 1.73 bits per heavy atom. The molecule has 0 radical (unpaired) electrons. The smallest absolute Gasteiger partial charge is 0.416 e. The van der Waals surface area contributed by atoms with Crippen LogP contribution in [0.25, 0.3) is 16.9 Å². The summed E-state index contributed by atoms with van der Waals surface area (Å²) in [6.07, 6.45) is -3.39. The Labute approximate surface area is 250 Å². The molecule has 0 unspecified atom stereocenters. The van der Waals surface area contributed by atoms with E-state index in [-0.39, 0.29) is 12.3 Å². The summed E-state index contributed by atoms with van der Waals surface area (Å²) in [4.78, 5) is 27.9. The highest BCUT2D eigenvalue weighted by molar-refractivity contribution is 5.83. The lowest BCUT2D eigenvalue weighted by Gasteiger charge is -2.37. The highest BCUT2D eigenvalue weighted by atomic mass is 19.4. The Hall–Kier alpha value is -5.07. The molecule has 0 N–H and O–H groups in total. The van der Waals surface area contributed by atoms with E-state index in [9.17, 15) is 28.1 Å². The van der Waals surface area contributed by atoms with Crippen LogP contribution in [0.5, 0.6) is 5.75 Å². The van der Waals surface area contributed by atoms with Gasteiger partial charge in [-0.05, 0) is 43.7 Å². The number of nitro benzene ring substituents is 1. The monoisotopic (exact) mass is 607 g/mol. The summed E-state index contributed by atoms with van der Waals surface area (Å²) in [6, 6.07) is 16.9. The SMILES string of the molecule is CC1(C)Oc2cc(N3CCN(C(=O)OCc4ccccc4)CC3)c([N+](=O)[O-])cc2-c2c1cnn2-c1ccc(C(F)(F)F)cc1. The predicted molar refractivity (Wildman–Crippen MR) is 155 cm³/mol. The second-order valence-corrected chi connectivity index (χ2v) is 11.1. The van der Waals surface area contributed by atoms with Crippen LogP contribution in [0.1, 0.15) is 30.5 Å². The second kappa shape index (κ2) is 10.9. The molecule has 4 aromatic rings. The number of ether oxygens (including phenoxy) is 2. The molecule has 0 atom stereocenters. The van der Waals surface area contributed by atoms with Gasteiger partial charge in [-0.1, -0.05) is 30.3 Å². The lowest BCUT2D eigenvalue weighted by molar-refractivity contribution is -0.384. The Morgan fingerprint density at radius 1 is 1.05 bits per heavy atom. The number of hydrogen-bond donors (Lipinski definition) is 0. The van der Waals surface area contributed by atoms with Gasteiger partial charge in [-0.2, -0.15) is 18.3 Å². The summed E-state index contributed by atoms with van der Waals surface area (Å²) in [6.45, 7) is 5.08. The number of benzene rings is 3. The van der Waals surface area contributed by atoms with E-state index < -0.39 is 28.4 Å². The van der Waals surface area contributed by atoms with Crippen LogP contribution in [0.15, 0.2) is 72.9 Å². The van der Waals surface area contributed by atoms with Crippen LogP contribution in [0, 0.1) is 10.1 Å². The minimum absolute atomic E-state index is 0.147. The molecule has 1 fully saturated rings. The van der Waals surface area contributed by atoms with Gasteiger partial charge in [-0.3, -0.25) is 10.1 Å². The number of anilines is 1. The van der Waals surface area contributed by atoms with Crippen molar-refractivity contribution in [3.8, 4) is 22.7 Å². The van der Waals surface area contributed by atoms with Crippen molar-refractivity contribution < 1.29 is 32.4 Å². The fourth-order valence-electron chi connectivity index (χ4n) is 5.53. The first-order valence-electron chi connectivity index (χ1n) is 13.9. The van der Waals surface area contributed by atoms with E-state index in [0.717, 1.165) is 17.7 Å². The summed E-state index contributed by atoms with van der Waals surface area (Å²) in [7, 11) is 0. The van der Waals surface area contributed by atoms with Gasteiger partial charge in [-0.15, -0.1) is 0 Å². The highest BCUT2D eigenvalue weighted by Crippen LogP contribution is 2.49. The average molecular weight is 608 g/mol. The molecule has 1 aromatic heterocycles. The number of fused-ring (bicyclic) bond motifs is 3. The van der Waals surface area contributed by atoms with Crippen molar-refractivity contribution in [2.24, 2.45) is 0 Å². The zero-order valence-electron chi connectivity index (χ0n) is 23.9. The van der Waals surface area contributed by atoms with Crippen LogP contribution in [-0.4, -0.2) is 51.9 Å². The Bertz CT molecular complexity index is 1710. The molecule has 10 nitrogen and oxygen atoms in total. The lowest BCUT2D eigenvalue weighted by Crippen LogP contribution is -2.49. The summed E-state index contributed by atoms with van der Waals surface area (Å²) < 4.78 is 52.8. The van der Waals surface area contributed by atoms with Crippen LogP contribution >= 0.6 is 0 Å². The maximum atomic E-state index is 13.2. The molecule has 1 saturated heterocycles. The number of amides is 1. The molecule has 228 valence electrons. The van der Waals surface area contributed by atoms with Crippen molar-refractivity contribution >= 4 is 17.5 Å². The van der Waals surface area contributed by atoms with Crippen LogP contribution in [0.4, 0.5) is 29.3 Å². The number of piperazine rings is 1. The zero-order valence-corrected chi connectivity index (χ0v) is 23.9. The van der Waals surface area contributed by atoms with Gasteiger partial charge in [0, 0.05) is 49.4 Å². The van der Waals surface area contributed by atoms with Crippen LogP contribution < -0.4 is 9.64 Å². The van der Waals surface area contributed by atoms with E-state index in [0.29, 0.717) is 60.1 Å². The molecule has 0 spiro atoms. The van der Waals surface area contributed by atoms with Gasteiger partial charge in [0.15, 0.2) is 0 Å². The Kier molecular flexibility index (Phi) is 7.18. The third-order valence-corrected chi connectivity index (χ3v) is 7.83. The van der Waals surface area contributed by atoms with Gasteiger partial charge >= 0.3 is 12.3 Å². The van der Waals surface area contributed by atoms with Gasteiger partial charge in [0.05, 0.1) is 28.1 Å². The maximum absolute atomic E-state index is 13.2. The third-order valence-electron chi connectivity index (χ3n) is 7.83. The molecule has 2 aliphatic rings. The number of hydrogen-bond acceptors (Lipinski definition) is 7. The molecule has 0 aliphatic carbocycles. The van der Waals surface area contributed by atoms with Crippen LogP contribution in [0.3, 0.4) is 0 Å². The Morgan fingerprint density at radius 3 is 2.36 bits per heavy atom. The number of carbonyl (C=O) groups excluding carboxylic acids is 1. The van der Waals surface area contributed by atoms with Gasteiger partial charge in [0.1, 0.15) is 23.6 Å². The molecule has 1 amide bonds. The van der Waals surface area contributed by atoms with E-state index in [1.807, 2.05) is 49.1 Å². The molecule has 44 heavy (non-hydrogen) atoms. The first kappa shape index (κ1) is 29.0. The van der Waals surface area contributed by atoms with Crippen molar-refractivity contribution in [2.75, 3.05) is 31.1 Å². The van der Waals surface area contributed by atoms with E-state index in [4.69, 9.17) is 9.47 Å². The van der Waals surface area contributed by atoms with Crippen molar-refractivity contribution in [3.63, 3.8) is 0 Å². The Balaban J connectivity index is 1.28. The van der Waals surface area contributed by atoms with Crippen molar-refractivity contribution in [1.29, 1.82) is 0 Å². The highest BCUT2D eigenvalue weighted by Gasteiger charge is 2.39. The van der Waals surface area contributed by atoms with E-state index in [2.05, 4.69) is 5.10 Å². The van der Waals surface area contributed by atoms with E-state index >= 15 is 0 Å². The van der Waals surface area contributed by atoms with Crippen LogP contribution in [0.2, 0.25) is 0 Å². The van der Waals surface area contributed by atoms with Gasteiger partial charge in [-0.25, -0.2) is 9.48 Å².